The van der Waals surface area contributed by atoms with Crippen LogP contribution in [-0.4, -0.2) is 52.8 Å². The highest BCUT2D eigenvalue weighted by molar-refractivity contribution is 6.07. The van der Waals surface area contributed by atoms with E-state index in [-0.39, 0.29) is 17.7 Å². The van der Waals surface area contributed by atoms with Gasteiger partial charge in [0.05, 0.1) is 16.8 Å². The van der Waals surface area contributed by atoms with Crippen molar-refractivity contribution in [2.45, 2.75) is 32.6 Å². The number of piperidine rings is 2. The summed E-state index contributed by atoms with van der Waals surface area (Å²) < 4.78 is 0. The number of rotatable bonds is 3. The summed E-state index contributed by atoms with van der Waals surface area (Å²) in [6.07, 6.45) is 3.79. The number of benzene rings is 2. The highest BCUT2D eigenvalue weighted by atomic mass is 16.2. The molecule has 1 aromatic heterocycles. The molecule has 2 fully saturated rings. The lowest BCUT2D eigenvalue weighted by molar-refractivity contribution is -0.138. The Hall–Kier alpha value is -3.21. The van der Waals surface area contributed by atoms with Crippen LogP contribution in [0.25, 0.3) is 22.2 Å². The van der Waals surface area contributed by atoms with Gasteiger partial charge in [0.1, 0.15) is 0 Å². The van der Waals surface area contributed by atoms with Crippen molar-refractivity contribution in [3.8, 4) is 11.3 Å². The Balaban J connectivity index is 1.35. The Bertz CT molecular complexity index is 1150. The lowest BCUT2D eigenvalue weighted by Crippen LogP contribution is -2.47. The van der Waals surface area contributed by atoms with Gasteiger partial charge in [0.25, 0.3) is 5.91 Å². The van der Waals surface area contributed by atoms with Gasteiger partial charge in [-0.15, -0.1) is 0 Å². The molecule has 2 aliphatic heterocycles. The molecule has 1 atom stereocenters. The Labute approximate surface area is 195 Å². The summed E-state index contributed by atoms with van der Waals surface area (Å²) in [7, 11) is 0. The number of aromatic nitrogens is 1. The SMILES string of the molecule is CC1CCCN(C(=O)C2CCN(C(=O)c3cc(-c4ccccc4)nc4ccccc34)CC2)C1. The smallest absolute Gasteiger partial charge is 0.254 e. The van der Waals surface area contributed by atoms with Crippen LogP contribution in [0, 0.1) is 11.8 Å². The van der Waals surface area contributed by atoms with Crippen molar-refractivity contribution in [2.75, 3.05) is 26.2 Å². The van der Waals surface area contributed by atoms with E-state index in [1.165, 1.54) is 6.42 Å². The number of nitrogens with zero attached hydrogens (tertiary/aromatic N) is 3. The number of likely N-dealkylation sites (tertiary alicyclic amines) is 2. The van der Waals surface area contributed by atoms with E-state index >= 15 is 0 Å². The summed E-state index contributed by atoms with van der Waals surface area (Å²) in [6.45, 7) is 5.23. The molecule has 3 heterocycles. The zero-order chi connectivity index (χ0) is 22.8. The average molecular weight is 442 g/mol. The number of carbonyl (C=O) groups is 2. The number of carbonyl (C=O) groups excluding carboxylic acids is 2. The summed E-state index contributed by atoms with van der Waals surface area (Å²) in [5.74, 6) is 0.939. The molecule has 3 aromatic rings. The van der Waals surface area contributed by atoms with E-state index in [0.717, 1.165) is 54.5 Å². The monoisotopic (exact) mass is 441 g/mol. The molecule has 2 saturated heterocycles. The van der Waals surface area contributed by atoms with E-state index in [2.05, 4.69) is 11.8 Å². The van der Waals surface area contributed by atoms with Gasteiger partial charge in [-0.1, -0.05) is 55.5 Å². The first kappa shape index (κ1) is 21.6. The number of amides is 2. The number of pyridine rings is 1. The summed E-state index contributed by atoms with van der Waals surface area (Å²) in [5, 5.41) is 0.877. The second-order valence-corrected chi connectivity index (χ2v) is 9.54. The van der Waals surface area contributed by atoms with Gasteiger partial charge in [0.2, 0.25) is 5.91 Å². The Morgan fingerprint density at radius 3 is 2.36 bits per heavy atom. The van der Waals surface area contributed by atoms with Gasteiger partial charge in [-0.2, -0.15) is 0 Å². The zero-order valence-electron chi connectivity index (χ0n) is 19.2. The van der Waals surface area contributed by atoms with Crippen LogP contribution in [0.4, 0.5) is 0 Å². The van der Waals surface area contributed by atoms with Crippen LogP contribution < -0.4 is 0 Å². The van der Waals surface area contributed by atoms with Crippen LogP contribution in [-0.2, 0) is 4.79 Å². The molecule has 0 N–H and O–H groups in total. The van der Waals surface area contributed by atoms with Crippen molar-refractivity contribution in [3.05, 3.63) is 66.2 Å². The number of hydrogen-bond donors (Lipinski definition) is 0. The van der Waals surface area contributed by atoms with Crippen LogP contribution in [0.15, 0.2) is 60.7 Å². The minimum absolute atomic E-state index is 0.0308. The molecule has 0 bridgehead atoms. The van der Waals surface area contributed by atoms with Crippen LogP contribution in [0.2, 0.25) is 0 Å². The van der Waals surface area contributed by atoms with Gasteiger partial charge in [-0.25, -0.2) is 4.98 Å². The Kier molecular flexibility index (Phi) is 6.12. The van der Waals surface area contributed by atoms with Crippen molar-refractivity contribution in [1.82, 2.24) is 14.8 Å². The van der Waals surface area contributed by atoms with Gasteiger partial charge in [-0.3, -0.25) is 9.59 Å². The number of fused-ring (bicyclic) bond motifs is 1. The zero-order valence-corrected chi connectivity index (χ0v) is 19.2. The molecule has 5 rings (SSSR count). The van der Waals surface area contributed by atoms with Crippen molar-refractivity contribution in [3.63, 3.8) is 0 Å². The van der Waals surface area contributed by atoms with Crippen molar-refractivity contribution in [2.24, 2.45) is 11.8 Å². The largest absolute Gasteiger partial charge is 0.342 e. The highest BCUT2D eigenvalue weighted by Gasteiger charge is 2.32. The minimum Gasteiger partial charge on any atom is -0.342 e. The van der Waals surface area contributed by atoms with Crippen molar-refractivity contribution >= 4 is 22.7 Å². The molecular formula is C28H31N3O2. The fourth-order valence-corrected chi connectivity index (χ4v) is 5.26. The molecule has 33 heavy (non-hydrogen) atoms. The van der Waals surface area contributed by atoms with Gasteiger partial charge in [-0.05, 0) is 43.7 Å². The molecule has 5 nitrogen and oxygen atoms in total. The molecule has 170 valence electrons. The molecule has 1 unspecified atom stereocenters. The normalized spacial score (nSPS) is 19.6. The molecule has 2 amide bonds. The van der Waals surface area contributed by atoms with E-state index in [1.54, 1.807) is 0 Å². The lowest BCUT2D eigenvalue weighted by Gasteiger charge is -2.37. The van der Waals surface area contributed by atoms with Gasteiger partial charge >= 0.3 is 0 Å². The van der Waals surface area contributed by atoms with E-state index in [4.69, 9.17) is 4.98 Å². The molecule has 0 saturated carbocycles. The van der Waals surface area contributed by atoms with Gasteiger partial charge in [0, 0.05) is 43.0 Å². The van der Waals surface area contributed by atoms with E-state index in [1.807, 2.05) is 65.6 Å². The Morgan fingerprint density at radius 2 is 1.61 bits per heavy atom. The second-order valence-electron chi connectivity index (χ2n) is 9.54. The summed E-state index contributed by atoms with van der Waals surface area (Å²) in [5.41, 5.74) is 3.32. The van der Waals surface area contributed by atoms with Gasteiger partial charge in [0.15, 0.2) is 0 Å². The lowest BCUT2D eigenvalue weighted by atomic mass is 9.92. The fraction of sp³-hybridized carbons (Fsp3) is 0.393. The maximum Gasteiger partial charge on any atom is 0.254 e. The topological polar surface area (TPSA) is 53.5 Å². The number of para-hydroxylation sites is 1. The first-order chi connectivity index (χ1) is 16.1. The molecule has 0 aliphatic carbocycles. The van der Waals surface area contributed by atoms with Gasteiger partial charge < -0.3 is 9.80 Å². The summed E-state index contributed by atoms with van der Waals surface area (Å²) in [6, 6.07) is 19.7. The second kappa shape index (κ2) is 9.34. The molecule has 2 aromatic carbocycles. The number of hydrogen-bond acceptors (Lipinski definition) is 3. The van der Waals surface area contributed by atoms with Crippen molar-refractivity contribution in [1.29, 1.82) is 0 Å². The maximum atomic E-state index is 13.6. The molecular weight excluding hydrogens is 410 g/mol. The van der Waals surface area contributed by atoms with E-state index in [9.17, 15) is 9.59 Å². The van der Waals surface area contributed by atoms with Crippen LogP contribution in [0.1, 0.15) is 43.0 Å². The molecule has 0 radical (unpaired) electrons. The van der Waals surface area contributed by atoms with Crippen LogP contribution in [0.5, 0.6) is 0 Å². The summed E-state index contributed by atoms with van der Waals surface area (Å²) in [4.78, 5) is 35.4. The first-order valence-electron chi connectivity index (χ1n) is 12.1. The van der Waals surface area contributed by atoms with Crippen LogP contribution in [0.3, 0.4) is 0 Å². The molecule has 5 heteroatoms. The fourth-order valence-electron chi connectivity index (χ4n) is 5.26. The third-order valence-electron chi connectivity index (χ3n) is 7.12. The minimum atomic E-state index is 0.0308. The average Bonchev–Trinajstić information content (AvgIpc) is 2.88. The molecule has 0 spiro atoms. The highest BCUT2D eigenvalue weighted by Crippen LogP contribution is 2.28. The third kappa shape index (κ3) is 4.50. The Morgan fingerprint density at radius 1 is 0.879 bits per heavy atom. The predicted octanol–water partition coefficient (Wildman–Crippen LogP) is 5.01. The van der Waals surface area contributed by atoms with Crippen molar-refractivity contribution < 1.29 is 9.59 Å². The predicted molar refractivity (Wildman–Crippen MR) is 131 cm³/mol. The quantitative estimate of drug-likeness (QED) is 0.574. The van der Waals surface area contributed by atoms with Crippen LogP contribution >= 0.6 is 0 Å². The van der Waals surface area contributed by atoms with E-state index in [0.29, 0.717) is 24.6 Å². The first-order valence-corrected chi connectivity index (χ1v) is 12.1. The maximum absolute atomic E-state index is 13.6. The third-order valence-corrected chi connectivity index (χ3v) is 7.12. The van der Waals surface area contributed by atoms with E-state index < -0.39 is 0 Å². The summed E-state index contributed by atoms with van der Waals surface area (Å²) >= 11 is 0. The standard InChI is InChI=1S/C28H31N3O2/c1-20-8-7-15-31(19-20)27(32)22-13-16-30(17-14-22)28(33)24-18-26(21-9-3-2-4-10-21)29-25-12-6-5-11-23(24)25/h2-6,9-12,18,20,22H,7-8,13-17,19H2,1H3. The molecule has 2 aliphatic rings.